The SMILES string of the molecule is C[C@@]1(N=Cc2cc(S(=O)(=O)O)ccc2O)CCCC[C@@]1(C)N=Cc1cc(S(=O)(=O)O)ccc1O. The number of benzene rings is 2. The minimum atomic E-state index is -4.46. The quantitative estimate of drug-likeness (QED) is 0.338. The molecule has 184 valence electrons. The van der Waals surface area contributed by atoms with E-state index in [0.717, 1.165) is 49.2 Å². The second kappa shape index (κ2) is 9.10. The topological polar surface area (TPSA) is 174 Å². The number of phenolic OH excluding ortho intramolecular Hbond substituents is 2. The molecule has 1 fully saturated rings. The van der Waals surface area contributed by atoms with Crippen molar-refractivity contribution in [3.8, 4) is 11.5 Å². The number of nitrogens with zero attached hydrogens (tertiary/aromatic N) is 2. The molecule has 0 spiro atoms. The maximum Gasteiger partial charge on any atom is 0.294 e. The maximum absolute atomic E-state index is 11.4. The highest BCUT2D eigenvalue weighted by atomic mass is 32.2. The van der Waals surface area contributed by atoms with E-state index in [4.69, 9.17) is 0 Å². The molecule has 34 heavy (non-hydrogen) atoms. The summed E-state index contributed by atoms with van der Waals surface area (Å²) in [5.41, 5.74) is -1.38. The van der Waals surface area contributed by atoms with Crippen LogP contribution in [0, 0.1) is 0 Å². The molecule has 2 atom stereocenters. The smallest absolute Gasteiger partial charge is 0.294 e. The van der Waals surface area contributed by atoms with Crippen molar-refractivity contribution in [2.24, 2.45) is 9.98 Å². The van der Waals surface area contributed by atoms with Crippen LogP contribution in [0.4, 0.5) is 0 Å². The highest BCUT2D eigenvalue weighted by Gasteiger charge is 2.46. The van der Waals surface area contributed by atoms with Gasteiger partial charge in [0.2, 0.25) is 0 Å². The van der Waals surface area contributed by atoms with E-state index < -0.39 is 31.3 Å². The van der Waals surface area contributed by atoms with Crippen molar-refractivity contribution in [2.45, 2.75) is 60.4 Å². The molecular formula is C22H26N2O8S2. The Morgan fingerprint density at radius 3 is 1.41 bits per heavy atom. The molecule has 0 aromatic heterocycles. The lowest BCUT2D eigenvalue weighted by Crippen LogP contribution is -2.49. The average Bonchev–Trinajstić information content (AvgIpc) is 2.73. The highest BCUT2D eigenvalue weighted by Crippen LogP contribution is 2.43. The zero-order valence-corrected chi connectivity index (χ0v) is 20.2. The molecule has 4 N–H and O–H groups in total. The second-order valence-corrected chi connectivity index (χ2v) is 11.5. The van der Waals surface area contributed by atoms with Crippen molar-refractivity contribution in [3.05, 3.63) is 47.5 Å². The largest absolute Gasteiger partial charge is 0.507 e. The van der Waals surface area contributed by atoms with Gasteiger partial charge in [-0.15, -0.1) is 0 Å². The molecule has 2 aromatic carbocycles. The molecule has 1 aliphatic rings. The van der Waals surface area contributed by atoms with E-state index in [-0.39, 0.29) is 32.4 Å². The summed E-state index contributed by atoms with van der Waals surface area (Å²) in [4.78, 5) is 8.52. The maximum atomic E-state index is 11.4. The summed E-state index contributed by atoms with van der Waals surface area (Å²) in [5.74, 6) is -0.430. The van der Waals surface area contributed by atoms with Crippen LogP contribution in [0.1, 0.15) is 50.7 Å². The summed E-state index contributed by atoms with van der Waals surface area (Å²) < 4.78 is 64.3. The van der Waals surface area contributed by atoms with Gasteiger partial charge in [0, 0.05) is 23.6 Å². The van der Waals surface area contributed by atoms with E-state index in [1.165, 1.54) is 12.4 Å². The lowest BCUT2D eigenvalue weighted by atomic mass is 9.69. The molecule has 1 aliphatic carbocycles. The molecule has 0 radical (unpaired) electrons. The van der Waals surface area contributed by atoms with Crippen LogP contribution in [0.15, 0.2) is 56.2 Å². The summed E-state index contributed by atoms with van der Waals surface area (Å²) in [5, 5.41) is 20.2. The molecule has 0 bridgehead atoms. The van der Waals surface area contributed by atoms with Crippen molar-refractivity contribution in [1.82, 2.24) is 0 Å². The van der Waals surface area contributed by atoms with Crippen LogP contribution < -0.4 is 0 Å². The van der Waals surface area contributed by atoms with Gasteiger partial charge >= 0.3 is 0 Å². The van der Waals surface area contributed by atoms with Crippen LogP contribution in [-0.2, 0) is 20.2 Å². The summed E-state index contributed by atoms with van der Waals surface area (Å²) in [6, 6.07) is 6.67. The molecule has 0 aliphatic heterocycles. The van der Waals surface area contributed by atoms with E-state index >= 15 is 0 Å². The Labute approximate surface area is 198 Å². The number of aliphatic imine (C=N–C) groups is 2. The lowest BCUT2D eigenvalue weighted by molar-refractivity contribution is 0.188. The van der Waals surface area contributed by atoms with Gasteiger partial charge in [0.15, 0.2) is 0 Å². The fourth-order valence-corrected chi connectivity index (χ4v) is 4.93. The first-order chi connectivity index (χ1) is 15.6. The molecule has 0 heterocycles. The van der Waals surface area contributed by atoms with Gasteiger partial charge in [-0.2, -0.15) is 16.8 Å². The molecule has 0 saturated heterocycles. The van der Waals surface area contributed by atoms with E-state index in [0.29, 0.717) is 12.8 Å². The van der Waals surface area contributed by atoms with Crippen molar-refractivity contribution in [3.63, 3.8) is 0 Å². The summed E-state index contributed by atoms with van der Waals surface area (Å²) in [6.07, 6.45) is 5.60. The third kappa shape index (κ3) is 5.46. The minimum absolute atomic E-state index is 0.103. The van der Waals surface area contributed by atoms with Crippen molar-refractivity contribution >= 4 is 32.7 Å². The monoisotopic (exact) mass is 510 g/mol. The summed E-state index contributed by atoms with van der Waals surface area (Å²) >= 11 is 0. The number of hydrogen-bond acceptors (Lipinski definition) is 8. The Morgan fingerprint density at radius 2 is 1.09 bits per heavy atom. The standard InChI is InChI=1S/C22H26N2O8S2/c1-21(23-13-15-11-17(33(27,28)29)5-7-19(15)25)9-3-4-10-22(21,2)24-14-16-12-18(34(30,31)32)6-8-20(16)26/h5-8,11-14,25-26H,3-4,9-10H2,1-2H3,(H,27,28,29)(H,30,31,32)/t21-,22-/m1/s1. The Balaban J connectivity index is 1.99. The van der Waals surface area contributed by atoms with Gasteiger partial charge in [-0.1, -0.05) is 12.8 Å². The molecule has 12 heteroatoms. The van der Waals surface area contributed by atoms with Gasteiger partial charge in [-0.25, -0.2) is 0 Å². The Bertz CT molecular complexity index is 1260. The van der Waals surface area contributed by atoms with Gasteiger partial charge in [-0.05, 0) is 63.1 Å². The van der Waals surface area contributed by atoms with Crippen molar-refractivity contribution < 1.29 is 36.2 Å². The molecule has 2 aromatic rings. The average molecular weight is 511 g/mol. The van der Waals surface area contributed by atoms with Crippen molar-refractivity contribution in [2.75, 3.05) is 0 Å². The zero-order valence-electron chi connectivity index (χ0n) is 18.6. The fraction of sp³-hybridized carbons (Fsp3) is 0.364. The van der Waals surface area contributed by atoms with E-state index in [2.05, 4.69) is 9.98 Å². The van der Waals surface area contributed by atoms with Crippen LogP contribution in [0.3, 0.4) is 0 Å². The minimum Gasteiger partial charge on any atom is -0.507 e. The number of rotatable bonds is 6. The van der Waals surface area contributed by atoms with Crippen molar-refractivity contribution in [1.29, 1.82) is 0 Å². The van der Waals surface area contributed by atoms with Crippen LogP contribution >= 0.6 is 0 Å². The molecule has 1 saturated carbocycles. The molecule has 0 unspecified atom stereocenters. The number of hydrogen-bond donors (Lipinski definition) is 4. The zero-order chi connectivity index (χ0) is 25.4. The predicted octanol–water partition coefficient (Wildman–Crippen LogP) is 3.22. The summed E-state index contributed by atoms with van der Waals surface area (Å²) in [7, 11) is -8.92. The van der Waals surface area contributed by atoms with Crippen LogP contribution in [-0.4, -0.2) is 59.7 Å². The third-order valence-electron chi connectivity index (χ3n) is 6.31. The predicted molar refractivity (Wildman–Crippen MR) is 126 cm³/mol. The third-order valence-corrected chi connectivity index (χ3v) is 8.01. The molecule has 0 amide bonds. The Kier molecular flexibility index (Phi) is 6.91. The van der Waals surface area contributed by atoms with Crippen LogP contribution in [0.5, 0.6) is 11.5 Å². The number of phenols is 2. The van der Waals surface area contributed by atoms with E-state index in [1.807, 2.05) is 13.8 Å². The number of aromatic hydroxyl groups is 2. The Morgan fingerprint density at radius 1 is 0.735 bits per heavy atom. The normalized spacial score (nSPS) is 24.1. The van der Waals surface area contributed by atoms with Crippen LogP contribution in [0.25, 0.3) is 0 Å². The highest BCUT2D eigenvalue weighted by molar-refractivity contribution is 7.86. The molecule has 10 nitrogen and oxygen atoms in total. The van der Waals surface area contributed by atoms with Crippen LogP contribution in [0.2, 0.25) is 0 Å². The lowest BCUT2D eigenvalue weighted by Gasteiger charge is -2.44. The first-order valence-corrected chi connectivity index (χ1v) is 13.2. The fourth-order valence-electron chi connectivity index (χ4n) is 3.90. The van der Waals surface area contributed by atoms with E-state index in [9.17, 15) is 36.2 Å². The molecular weight excluding hydrogens is 484 g/mol. The first kappa shape index (κ1) is 25.8. The first-order valence-electron chi connectivity index (χ1n) is 10.4. The molecule has 3 rings (SSSR count). The Hall–Kier alpha value is -2.80. The van der Waals surface area contributed by atoms with Gasteiger partial charge in [0.1, 0.15) is 11.5 Å². The van der Waals surface area contributed by atoms with E-state index in [1.54, 1.807) is 0 Å². The summed E-state index contributed by atoms with van der Waals surface area (Å²) in [6.45, 7) is 3.72. The van der Waals surface area contributed by atoms with Gasteiger partial charge in [-0.3, -0.25) is 19.1 Å². The van der Waals surface area contributed by atoms with Gasteiger partial charge in [0.25, 0.3) is 20.2 Å². The second-order valence-electron chi connectivity index (χ2n) is 8.66. The van der Waals surface area contributed by atoms with Gasteiger partial charge < -0.3 is 10.2 Å². The van der Waals surface area contributed by atoms with Gasteiger partial charge in [0.05, 0.1) is 20.9 Å².